The van der Waals surface area contributed by atoms with Gasteiger partial charge in [0.25, 0.3) is 5.91 Å². The lowest BCUT2D eigenvalue weighted by atomic mass is 9.98. The number of nitrogens with one attached hydrogen (secondary N) is 2. The fourth-order valence-corrected chi connectivity index (χ4v) is 5.04. The number of ether oxygens (including phenoxy) is 2. The van der Waals surface area contributed by atoms with Crippen molar-refractivity contribution in [3.05, 3.63) is 59.2 Å². The van der Waals surface area contributed by atoms with Crippen LogP contribution in [0.2, 0.25) is 0 Å². The minimum Gasteiger partial charge on any atom is -0.497 e. The van der Waals surface area contributed by atoms with E-state index in [1.807, 2.05) is 32.0 Å². The van der Waals surface area contributed by atoms with Gasteiger partial charge in [0, 0.05) is 18.0 Å². The maximum absolute atomic E-state index is 14.2. The molecule has 2 unspecified atom stereocenters. The van der Waals surface area contributed by atoms with Gasteiger partial charge in [-0.05, 0) is 70.9 Å². The molecule has 0 radical (unpaired) electrons. The summed E-state index contributed by atoms with van der Waals surface area (Å²) in [5.41, 5.74) is 2.52. The van der Waals surface area contributed by atoms with Crippen LogP contribution in [0.25, 0.3) is 0 Å². The lowest BCUT2D eigenvalue weighted by Crippen LogP contribution is -2.53. The Labute approximate surface area is 257 Å². The predicted octanol–water partition coefficient (Wildman–Crippen LogP) is 7.00. The number of nitrogens with zero attached hydrogens (tertiary/aromatic N) is 1. The number of amides is 3. The minimum atomic E-state index is -0.981. The van der Waals surface area contributed by atoms with Crippen LogP contribution in [0, 0.1) is 13.8 Å². The molecular formula is C33H49N3O5S. The summed E-state index contributed by atoms with van der Waals surface area (Å²) < 4.78 is 10.7. The van der Waals surface area contributed by atoms with Crippen molar-refractivity contribution in [2.45, 2.75) is 97.8 Å². The highest BCUT2D eigenvalue weighted by molar-refractivity contribution is 7.80. The highest BCUT2D eigenvalue weighted by atomic mass is 32.1. The normalized spacial score (nSPS) is 12.7. The fraction of sp³-hybridized carbons (Fsp3) is 0.545. The molecule has 0 aliphatic rings. The van der Waals surface area contributed by atoms with Crippen LogP contribution < -0.4 is 15.4 Å². The standard InChI is InChI=1S/C33H49N3O5S/c1-8-9-10-11-12-13-18-36(31(38)28(22-42)35-32(39)41-33(4,5)6)29(25-20-23(2)19-24(3)21-25)30(37)34-26-14-16-27(40-7)17-15-26/h14-17,19-21,28-29,42H,8-13,18,22H2,1-7H3,(H,34,37)(H,35,39). The maximum Gasteiger partial charge on any atom is 0.408 e. The monoisotopic (exact) mass is 599 g/mol. The van der Waals surface area contributed by atoms with E-state index in [9.17, 15) is 14.4 Å². The summed E-state index contributed by atoms with van der Waals surface area (Å²) >= 11 is 4.39. The molecule has 0 saturated heterocycles. The molecule has 0 aliphatic heterocycles. The molecule has 2 atom stereocenters. The second-order valence-electron chi connectivity index (χ2n) is 11.7. The molecule has 0 bridgehead atoms. The van der Waals surface area contributed by atoms with Crippen LogP contribution in [-0.2, 0) is 14.3 Å². The molecule has 2 rings (SSSR count). The van der Waals surface area contributed by atoms with Gasteiger partial charge in [0.2, 0.25) is 5.91 Å². The number of unbranched alkanes of at least 4 members (excludes halogenated alkanes) is 5. The zero-order chi connectivity index (χ0) is 31.3. The molecule has 9 heteroatoms. The van der Waals surface area contributed by atoms with Crippen molar-refractivity contribution in [3.8, 4) is 5.75 Å². The van der Waals surface area contributed by atoms with Crippen LogP contribution in [0.15, 0.2) is 42.5 Å². The second kappa shape index (κ2) is 17.0. The summed E-state index contributed by atoms with van der Waals surface area (Å²) in [5.74, 6) is -0.0215. The number of carbonyl (C=O) groups excluding carboxylic acids is 3. The van der Waals surface area contributed by atoms with Crippen LogP contribution in [-0.4, -0.2) is 53.9 Å². The quantitative estimate of drug-likeness (QED) is 0.151. The summed E-state index contributed by atoms with van der Waals surface area (Å²) in [6.45, 7) is 11.7. The van der Waals surface area contributed by atoms with E-state index in [4.69, 9.17) is 9.47 Å². The average molecular weight is 600 g/mol. The molecule has 2 aromatic rings. The molecule has 2 N–H and O–H groups in total. The van der Waals surface area contributed by atoms with Crippen LogP contribution in [0.1, 0.15) is 89.0 Å². The Balaban J connectivity index is 2.48. The van der Waals surface area contributed by atoms with Gasteiger partial charge < -0.3 is 25.0 Å². The number of methoxy groups -OCH3 is 1. The first-order chi connectivity index (χ1) is 19.9. The molecule has 0 saturated carbocycles. The SMILES string of the molecule is CCCCCCCCN(C(=O)C(CS)NC(=O)OC(C)(C)C)C(C(=O)Nc1ccc(OC)cc1)c1cc(C)cc(C)c1. The zero-order valence-electron chi connectivity index (χ0n) is 26.3. The van der Waals surface area contributed by atoms with Gasteiger partial charge in [0.15, 0.2) is 0 Å². The molecule has 8 nitrogen and oxygen atoms in total. The Kier molecular flexibility index (Phi) is 14.2. The van der Waals surface area contributed by atoms with Gasteiger partial charge in [-0.1, -0.05) is 68.4 Å². The Morgan fingerprint density at radius 1 is 0.929 bits per heavy atom. The lowest BCUT2D eigenvalue weighted by Gasteiger charge is -2.34. The maximum atomic E-state index is 14.2. The van der Waals surface area contributed by atoms with Crippen molar-refractivity contribution in [1.82, 2.24) is 10.2 Å². The molecule has 0 fully saturated rings. The third kappa shape index (κ3) is 11.6. The van der Waals surface area contributed by atoms with Crippen LogP contribution in [0.3, 0.4) is 0 Å². The Hall–Kier alpha value is -3.20. The van der Waals surface area contributed by atoms with Crippen molar-refractivity contribution in [3.63, 3.8) is 0 Å². The van der Waals surface area contributed by atoms with Crippen molar-refractivity contribution in [2.24, 2.45) is 0 Å². The molecule has 0 aliphatic carbocycles. The number of hydrogen-bond acceptors (Lipinski definition) is 6. The van der Waals surface area contributed by atoms with E-state index >= 15 is 0 Å². The molecule has 0 heterocycles. The summed E-state index contributed by atoms with van der Waals surface area (Å²) in [7, 11) is 1.58. The highest BCUT2D eigenvalue weighted by Crippen LogP contribution is 2.28. The Bertz CT molecular complexity index is 1140. The van der Waals surface area contributed by atoms with Crippen LogP contribution in [0.5, 0.6) is 5.75 Å². The van der Waals surface area contributed by atoms with Gasteiger partial charge in [-0.15, -0.1) is 0 Å². The van der Waals surface area contributed by atoms with E-state index < -0.39 is 29.7 Å². The fourth-order valence-electron chi connectivity index (χ4n) is 4.79. The van der Waals surface area contributed by atoms with E-state index in [-0.39, 0.29) is 11.7 Å². The topological polar surface area (TPSA) is 97.0 Å². The summed E-state index contributed by atoms with van der Waals surface area (Å²) in [5, 5.41) is 5.67. The number of alkyl carbamates (subject to hydrolysis) is 1. The van der Waals surface area contributed by atoms with Crippen molar-refractivity contribution >= 4 is 36.2 Å². The molecule has 2 aromatic carbocycles. The third-order valence-corrected chi connectivity index (χ3v) is 7.05. The van der Waals surface area contributed by atoms with E-state index in [2.05, 4.69) is 30.2 Å². The van der Waals surface area contributed by atoms with Crippen molar-refractivity contribution in [2.75, 3.05) is 24.7 Å². The Morgan fingerprint density at radius 2 is 1.52 bits per heavy atom. The number of anilines is 1. The first-order valence-corrected chi connectivity index (χ1v) is 15.5. The van der Waals surface area contributed by atoms with E-state index in [0.29, 0.717) is 23.5 Å². The predicted molar refractivity (Wildman–Crippen MR) is 172 cm³/mol. The molecule has 232 valence electrons. The molecule has 42 heavy (non-hydrogen) atoms. The van der Waals surface area contributed by atoms with Gasteiger partial charge in [-0.3, -0.25) is 9.59 Å². The van der Waals surface area contributed by atoms with E-state index in [1.165, 1.54) is 6.42 Å². The smallest absolute Gasteiger partial charge is 0.408 e. The van der Waals surface area contributed by atoms with Crippen molar-refractivity contribution in [1.29, 1.82) is 0 Å². The van der Waals surface area contributed by atoms with Gasteiger partial charge in [0.05, 0.1) is 7.11 Å². The first-order valence-electron chi connectivity index (χ1n) is 14.8. The van der Waals surface area contributed by atoms with Gasteiger partial charge in [-0.2, -0.15) is 12.6 Å². The third-order valence-electron chi connectivity index (χ3n) is 6.68. The van der Waals surface area contributed by atoms with Gasteiger partial charge in [-0.25, -0.2) is 4.79 Å². The van der Waals surface area contributed by atoms with Crippen LogP contribution >= 0.6 is 12.6 Å². The number of carbonyl (C=O) groups is 3. The number of benzene rings is 2. The lowest BCUT2D eigenvalue weighted by molar-refractivity contribution is -0.140. The van der Waals surface area contributed by atoms with E-state index in [0.717, 1.165) is 43.2 Å². The zero-order valence-corrected chi connectivity index (χ0v) is 27.2. The molecule has 3 amide bonds. The average Bonchev–Trinajstić information content (AvgIpc) is 2.91. The van der Waals surface area contributed by atoms with Crippen LogP contribution in [0.4, 0.5) is 10.5 Å². The number of aryl methyl sites for hydroxylation is 2. The molecular weight excluding hydrogens is 550 g/mol. The summed E-state index contributed by atoms with van der Waals surface area (Å²) in [6.07, 6.45) is 5.42. The Morgan fingerprint density at radius 3 is 2.07 bits per heavy atom. The number of rotatable bonds is 15. The van der Waals surface area contributed by atoms with Gasteiger partial charge >= 0.3 is 6.09 Å². The largest absolute Gasteiger partial charge is 0.497 e. The number of thiol groups is 1. The second-order valence-corrected chi connectivity index (χ2v) is 12.1. The van der Waals surface area contributed by atoms with Crippen molar-refractivity contribution < 1.29 is 23.9 Å². The summed E-state index contributed by atoms with van der Waals surface area (Å²) in [6, 6.07) is 11.0. The van der Waals surface area contributed by atoms with E-state index in [1.54, 1.807) is 57.0 Å². The molecule has 0 aromatic heterocycles. The first kappa shape index (κ1) is 35.0. The highest BCUT2D eigenvalue weighted by Gasteiger charge is 2.36. The summed E-state index contributed by atoms with van der Waals surface area (Å²) in [4.78, 5) is 42.5. The number of hydrogen-bond donors (Lipinski definition) is 3. The molecule has 0 spiro atoms. The van der Waals surface area contributed by atoms with Gasteiger partial charge in [0.1, 0.15) is 23.4 Å². The minimum absolute atomic E-state index is 0.0464.